The van der Waals surface area contributed by atoms with E-state index in [2.05, 4.69) is 13.8 Å². The number of hydrogen-bond acceptors (Lipinski definition) is 2. The molecule has 0 bridgehead atoms. The number of rotatable bonds is 6. The van der Waals surface area contributed by atoms with Crippen LogP contribution in [0.25, 0.3) is 0 Å². The number of nitrogens with two attached hydrogens (primary N) is 2. The summed E-state index contributed by atoms with van der Waals surface area (Å²) >= 11 is 0. The van der Waals surface area contributed by atoms with Crippen molar-refractivity contribution < 1.29 is 0 Å². The summed E-state index contributed by atoms with van der Waals surface area (Å²) in [5, 5.41) is 0. The van der Waals surface area contributed by atoms with Gasteiger partial charge in [-0.3, -0.25) is 0 Å². The Labute approximate surface area is 70.3 Å². The summed E-state index contributed by atoms with van der Waals surface area (Å²) in [5.41, 5.74) is 11.1. The molecule has 2 heteroatoms. The standard InChI is InChI=1S/C9H22N2/c1-3-9(5-4-6-10)7-8(2)11/h8-9H,3-7,10-11H2,1-2H3. The SMILES string of the molecule is CCC(CCCN)CC(C)N. The molecule has 0 saturated heterocycles. The maximum atomic E-state index is 5.71. The Morgan fingerprint density at radius 3 is 2.36 bits per heavy atom. The molecular weight excluding hydrogens is 136 g/mol. The third-order valence-corrected chi connectivity index (χ3v) is 2.10. The van der Waals surface area contributed by atoms with E-state index in [0.29, 0.717) is 6.04 Å². The molecule has 0 fully saturated rings. The molecule has 0 aromatic heterocycles. The highest BCUT2D eigenvalue weighted by molar-refractivity contribution is 4.63. The van der Waals surface area contributed by atoms with E-state index in [0.717, 1.165) is 25.3 Å². The van der Waals surface area contributed by atoms with Crippen molar-refractivity contribution in [2.45, 2.75) is 45.6 Å². The van der Waals surface area contributed by atoms with Crippen molar-refractivity contribution >= 4 is 0 Å². The molecular formula is C9H22N2. The van der Waals surface area contributed by atoms with Gasteiger partial charge in [0.25, 0.3) is 0 Å². The minimum atomic E-state index is 0.345. The summed E-state index contributed by atoms with van der Waals surface area (Å²) in [5.74, 6) is 0.790. The molecule has 0 aliphatic heterocycles. The summed E-state index contributed by atoms with van der Waals surface area (Å²) in [4.78, 5) is 0. The van der Waals surface area contributed by atoms with Gasteiger partial charge in [0, 0.05) is 6.04 Å². The lowest BCUT2D eigenvalue weighted by Crippen LogP contribution is -2.19. The van der Waals surface area contributed by atoms with Crippen LogP contribution < -0.4 is 11.5 Å². The minimum Gasteiger partial charge on any atom is -0.330 e. The fraction of sp³-hybridized carbons (Fsp3) is 1.00. The molecule has 11 heavy (non-hydrogen) atoms. The van der Waals surface area contributed by atoms with Crippen molar-refractivity contribution in [1.82, 2.24) is 0 Å². The first kappa shape index (κ1) is 10.9. The van der Waals surface area contributed by atoms with E-state index in [-0.39, 0.29) is 0 Å². The van der Waals surface area contributed by atoms with Gasteiger partial charge in [-0.2, -0.15) is 0 Å². The van der Waals surface area contributed by atoms with Crippen LogP contribution in [-0.2, 0) is 0 Å². The second-order valence-electron chi connectivity index (χ2n) is 3.42. The Kier molecular flexibility index (Phi) is 6.57. The molecule has 0 rings (SSSR count). The molecule has 68 valence electrons. The van der Waals surface area contributed by atoms with Gasteiger partial charge in [0.15, 0.2) is 0 Å². The topological polar surface area (TPSA) is 52.0 Å². The van der Waals surface area contributed by atoms with Crippen LogP contribution in [0.15, 0.2) is 0 Å². The van der Waals surface area contributed by atoms with Gasteiger partial charge in [0.2, 0.25) is 0 Å². The van der Waals surface area contributed by atoms with Crippen molar-refractivity contribution in [2.24, 2.45) is 17.4 Å². The van der Waals surface area contributed by atoms with Gasteiger partial charge in [0.1, 0.15) is 0 Å². The zero-order chi connectivity index (χ0) is 8.69. The molecule has 0 aromatic rings. The van der Waals surface area contributed by atoms with Crippen molar-refractivity contribution in [2.75, 3.05) is 6.54 Å². The van der Waals surface area contributed by atoms with Crippen LogP contribution in [0.2, 0.25) is 0 Å². The van der Waals surface area contributed by atoms with E-state index >= 15 is 0 Å². The second-order valence-corrected chi connectivity index (χ2v) is 3.42. The van der Waals surface area contributed by atoms with Crippen LogP contribution >= 0.6 is 0 Å². The van der Waals surface area contributed by atoms with E-state index < -0.39 is 0 Å². The van der Waals surface area contributed by atoms with Gasteiger partial charge in [-0.1, -0.05) is 13.3 Å². The molecule has 0 saturated carbocycles. The van der Waals surface area contributed by atoms with Crippen molar-refractivity contribution in [3.63, 3.8) is 0 Å². The van der Waals surface area contributed by atoms with E-state index in [1.807, 2.05) is 0 Å². The van der Waals surface area contributed by atoms with Gasteiger partial charge in [0.05, 0.1) is 0 Å². The van der Waals surface area contributed by atoms with E-state index in [1.165, 1.54) is 12.8 Å². The maximum Gasteiger partial charge on any atom is 0.00131 e. The quantitative estimate of drug-likeness (QED) is 0.615. The normalized spacial score (nSPS) is 16.4. The zero-order valence-corrected chi connectivity index (χ0v) is 7.84. The van der Waals surface area contributed by atoms with E-state index in [1.54, 1.807) is 0 Å². The van der Waals surface area contributed by atoms with Crippen LogP contribution in [0.1, 0.15) is 39.5 Å². The van der Waals surface area contributed by atoms with Gasteiger partial charge < -0.3 is 11.5 Å². The minimum absolute atomic E-state index is 0.345. The molecule has 2 unspecified atom stereocenters. The average molecular weight is 158 g/mol. The summed E-state index contributed by atoms with van der Waals surface area (Å²) in [6.07, 6.45) is 4.78. The summed E-state index contributed by atoms with van der Waals surface area (Å²) in [7, 11) is 0. The van der Waals surface area contributed by atoms with Crippen LogP contribution in [0, 0.1) is 5.92 Å². The lowest BCUT2D eigenvalue weighted by Gasteiger charge is -2.16. The first-order chi connectivity index (χ1) is 5.20. The predicted molar refractivity (Wildman–Crippen MR) is 50.3 cm³/mol. The highest BCUT2D eigenvalue weighted by Crippen LogP contribution is 2.15. The smallest absolute Gasteiger partial charge is 0.00131 e. The molecule has 0 aromatic carbocycles. The van der Waals surface area contributed by atoms with Crippen molar-refractivity contribution in [3.8, 4) is 0 Å². The first-order valence-corrected chi connectivity index (χ1v) is 4.66. The maximum absolute atomic E-state index is 5.71. The number of hydrogen-bond donors (Lipinski definition) is 2. The molecule has 0 radical (unpaired) electrons. The summed E-state index contributed by atoms with van der Waals surface area (Å²) in [6.45, 7) is 5.12. The van der Waals surface area contributed by atoms with E-state index in [4.69, 9.17) is 11.5 Å². The molecule has 2 atom stereocenters. The summed E-state index contributed by atoms with van der Waals surface area (Å²) in [6, 6.07) is 0.345. The van der Waals surface area contributed by atoms with Gasteiger partial charge in [-0.15, -0.1) is 0 Å². The first-order valence-electron chi connectivity index (χ1n) is 4.66. The Hall–Kier alpha value is -0.0800. The Morgan fingerprint density at radius 2 is 2.00 bits per heavy atom. The molecule has 2 nitrogen and oxygen atoms in total. The second kappa shape index (κ2) is 6.62. The third-order valence-electron chi connectivity index (χ3n) is 2.10. The Morgan fingerprint density at radius 1 is 1.36 bits per heavy atom. The predicted octanol–water partition coefficient (Wildman–Crippen LogP) is 1.49. The monoisotopic (exact) mass is 158 g/mol. The third kappa shape index (κ3) is 6.32. The highest BCUT2D eigenvalue weighted by Gasteiger charge is 2.07. The van der Waals surface area contributed by atoms with Crippen LogP contribution in [0.4, 0.5) is 0 Å². The molecule has 0 amide bonds. The molecule has 0 heterocycles. The lowest BCUT2D eigenvalue weighted by molar-refractivity contribution is 0.398. The molecule has 4 N–H and O–H groups in total. The van der Waals surface area contributed by atoms with Crippen LogP contribution in [0.3, 0.4) is 0 Å². The van der Waals surface area contributed by atoms with E-state index in [9.17, 15) is 0 Å². The highest BCUT2D eigenvalue weighted by atomic mass is 14.6. The largest absolute Gasteiger partial charge is 0.330 e. The van der Waals surface area contributed by atoms with Crippen molar-refractivity contribution in [3.05, 3.63) is 0 Å². The van der Waals surface area contributed by atoms with Gasteiger partial charge in [-0.05, 0) is 38.6 Å². The molecule has 0 spiro atoms. The Balaban J connectivity index is 3.41. The fourth-order valence-electron chi connectivity index (χ4n) is 1.42. The lowest BCUT2D eigenvalue weighted by atomic mass is 9.93. The summed E-state index contributed by atoms with van der Waals surface area (Å²) < 4.78 is 0. The van der Waals surface area contributed by atoms with Crippen LogP contribution in [0.5, 0.6) is 0 Å². The van der Waals surface area contributed by atoms with Crippen molar-refractivity contribution in [1.29, 1.82) is 0 Å². The van der Waals surface area contributed by atoms with Gasteiger partial charge in [-0.25, -0.2) is 0 Å². The van der Waals surface area contributed by atoms with Crippen LogP contribution in [-0.4, -0.2) is 12.6 Å². The molecule has 0 aliphatic rings. The average Bonchev–Trinajstić information content (AvgIpc) is 1.97. The Bertz CT molecular complexity index is 81.6. The fourth-order valence-corrected chi connectivity index (χ4v) is 1.42. The zero-order valence-electron chi connectivity index (χ0n) is 7.84. The molecule has 0 aliphatic carbocycles. The van der Waals surface area contributed by atoms with Gasteiger partial charge >= 0.3 is 0 Å².